The van der Waals surface area contributed by atoms with Gasteiger partial charge in [-0.05, 0) is 23.3 Å². The summed E-state index contributed by atoms with van der Waals surface area (Å²) in [6.45, 7) is 0.194. The molecule has 0 fully saturated rings. The van der Waals surface area contributed by atoms with Crippen LogP contribution in [-0.4, -0.2) is 19.4 Å². The molecule has 0 atom stereocenters. The molecule has 0 saturated heterocycles. The number of carbonyl (C=O) groups excluding carboxylic acids is 2. The van der Waals surface area contributed by atoms with Crippen molar-refractivity contribution in [2.24, 2.45) is 0 Å². The second-order valence-corrected chi connectivity index (χ2v) is 5.65. The molecule has 0 spiro atoms. The molecule has 4 nitrogen and oxygen atoms in total. The van der Waals surface area contributed by atoms with Gasteiger partial charge in [0, 0.05) is 5.56 Å². The SMILES string of the molecule is COc1c(C=O)cccc1-c1ccccc1C(=O)OCc1ccccc1. The Labute approximate surface area is 152 Å². The number of esters is 1. The number of para-hydroxylation sites is 1. The van der Waals surface area contributed by atoms with Gasteiger partial charge in [0.05, 0.1) is 18.2 Å². The van der Waals surface area contributed by atoms with Gasteiger partial charge < -0.3 is 9.47 Å². The van der Waals surface area contributed by atoms with E-state index >= 15 is 0 Å². The normalized spacial score (nSPS) is 10.2. The Hall–Kier alpha value is -3.40. The lowest BCUT2D eigenvalue weighted by Gasteiger charge is -2.14. The standard InChI is InChI=1S/C22H18O4/c1-25-21-17(14-23)10-7-13-19(21)18-11-5-6-12-20(18)22(24)26-15-16-8-3-2-4-9-16/h2-14H,15H2,1H3. The molecule has 0 unspecified atom stereocenters. The van der Waals surface area contributed by atoms with Gasteiger partial charge >= 0.3 is 5.97 Å². The quantitative estimate of drug-likeness (QED) is 0.486. The van der Waals surface area contributed by atoms with Crippen molar-refractivity contribution in [3.63, 3.8) is 0 Å². The summed E-state index contributed by atoms with van der Waals surface area (Å²) in [5, 5.41) is 0. The maximum atomic E-state index is 12.6. The van der Waals surface area contributed by atoms with Crippen LogP contribution >= 0.6 is 0 Å². The number of methoxy groups -OCH3 is 1. The lowest BCUT2D eigenvalue weighted by molar-refractivity contribution is 0.0473. The lowest BCUT2D eigenvalue weighted by atomic mass is 9.97. The van der Waals surface area contributed by atoms with Crippen LogP contribution in [0.3, 0.4) is 0 Å². The minimum absolute atomic E-state index is 0.194. The number of carbonyl (C=O) groups is 2. The van der Waals surface area contributed by atoms with E-state index in [1.165, 1.54) is 7.11 Å². The van der Waals surface area contributed by atoms with Crippen molar-refractivity contribution in [2.45, 2.75) is 6.61 Å². The Balaban J connectivity index is 1.94. The van der Waals surface area contributed by atoms with Crippen LogP contribution in [0.4, 0.5) is 0 Å². The van der Waals surface area contributed by atoms with E-state index in [1.807, 2.05) is 48.5 Å². The molecule has 3 aromatic rings. The number of rotatable bonds is 6. The molecule has 0 aliphatic heterocycles. The maximum Gasteiger partial charge on any atom is 0.339 e. The second-order valence-electron chi connectivity index (χ2n) is 5.65. The highest BCUT2D eigenvalue weighted by molar-refractivity contribution is 5.99. The van der Waals surface area contributed by atoms with E-state index in [9.17, 15) is 9.59 Å². The zero-order chi connectivity index (χ0) is 18.4. The summed E-state index contributed by atoms with van der Waals surface area (Å²) >= 11 is 0. The fourth-order valence-electron chi connectivity index (χ4n) is 2.78. The van der Waals surface area contributed by atoms with Gasteiger partial charge in [-0.3, -0.25) is 4.79 Å². The third kappa shape index (κ3) is 3.64. The van der Waals surface area contributed by atoms with Gasteiger partial charge in [-0.25, -0.2) is 4.79 Å². The maximum absolute atomic E-state index is 12.6. The van der Waals surface area contributed by atoms with E-state index in [0.717, 1.165) is 11.8 Å². The van der Waals surface area contributed by atoms with Crippen LogP contribution in [0.5, 0.6) is 5.75 Å². The van der Waals surface area contributed by atoms with Crippen LogP contribution in [0.25, 0.3) is 11.1 Å². The molecule has 26 heavy (non-hydrogen) atoms. The predicted octanol–water partition coefficient (Wildman–Crippen LogP) is 4.53. The summed E-state index contributed by atoms with van der Waals surface area (Å²) in [7, 11) is 1.50. The number of ether oxygens (including phenoxy) is 2. The summed E-state index contributed by atoms with van der Waals surface area (Å²) in [5.41, 5.74) is 3.09. The van der Waals surface area contributed by atoms with Crippen molar-refractivity contribution in [3.05, 3.63) is 89.5 Å². The zero-order valence-corrected chi connectivity index (χ0v) is 14.3. The van der Waals surface area contributed by atoms with Gasteiger partial charge in [-0.1, -0.05) is 60.7 Å². The van der Waals surface area contributed by atoms with Crippen LogP contribution in [0.2, 0.25) is 0 Å². The molecule has 4 heteroatoms. The highest BCUT2D eigenvalue weighted by atomic mass is 16.5. The zero-order valence-electron chi connectivity index (χ0n) is 14.3. The van der Waals surface area contributed by atoms with Crippen molar-refractivity contribution in [1.82, 2.24) is 0 Å². The van der Waals surface area contributed by atoms with Crippen LogP contribution in [0, 0.1) is 0 Å². The topological polar surface area (TPSA) is 52.6 Å². The number of aldehydes is 1. The number of hydrogen-bond donors (Lipinski definition) is 0. The van der Waals surface area contributed by atoms with Gasteiger partial charge in [-0.15, -0.1) is 0 Å². The lowest BCUT2D eigenvalue weighted by Crippen LogP contribution is -2.07. The predicted molar refractivity (Wildman–Crippen MR) is 99.4 cm³/mol. The van der Waals surface area contributed by atoms with E-state index in [0.29, 0.717) is 28.0 Å². The third-order valence-corrected chi connectivity index (χ3v) is 4.03. The van der Waals surface area contributed by atoms with Crippen molar-refractivity contribution in [2.75, 3.05) is 7.11 Å². The molecule has 0 N–H and O–H groups in total. The first-order valence-corrected chi connectivity index (χ1v) is 8.17. The molecule has 3 aromatic carbocycles. The highest BCUT2D eigenvalue weighted by Crippen LogP contribution is 2.34. The van der Waals surface area contributed by atoms with Gasteiger partial charge in [0.2, 0.25) is 0 Å². The van der Waals surface area contributed by atoms with Crippen LogP contribution in [0.1, 0.15) is 26.3 Å². The summed E-state index contributed by atoms with van der Waals surface area (Å²) in [4.78, 5) is 23.9. The number of hydrogen-bond acceptors (Lipinski definition) is 4. The molecule has 0 bridgehead atoms. The van der Waals surface area contributed by atoms with Gasteiger partial charge in [-0.2, -0.15) is 0 Å². The molecule has 0 saturated carbocycles. The summed E-state index contributed by atoms with van der Waals surface area (Å²) in [6.07, 6.45) is 0.735. The first kappa shape index (κ1) is 17.4. The molecular formula is C22H18O4. The molecule has 0 aliphatic rings. The minimum atomic E-state index is -0.428. The second kappa shape index (κ2) is 8.12. The molecule has 130 valence electrons. The van der Waals surface area contributed by atoms with E-state index < -0.39 is 5.97 Å². The van der Waals surface area contributed by atoms with E-state index in [1.54, 1.807) is 24.3 Å². The summed E-state index contributed by atoms with van der Waals surface area (Å²) in [6, 6.07) is 21.9. The van der Waals surface area contributed by atoms with Crippen molar-refractivity contribution in [1.29, 1.82) is 0 Å². The molecule has 0 aromatic heterocycles. The molecule has 0 amide bonds. The Bertz CT molecular complexity index is 916. The fourth-order valence-corrected chi connectivity index (χ4v) is 2.78. The average molecular weight is 346 g/mol. The smallest absolute Gasteiger partial charge is 0.339 e. The first-order chi connectivity index (χ1) is 12.7. The van der Waals surface area contributed by atoms with Gasteiger partial charge in [0.1, 0.15) is 12.4 Å². The van der Waals surface area contributed by atoms with Gasteiger partial charge in [0.15, 0.2) is 6.29 Å². The van der Waals surface area contributed by atoms with E-state index in [2.05, 4.69) is 0 Å². The minimum Gasteiger partial charge on any atom is -0.495 e. The van der Waals surface area contributed by atoms with E-state index in [4.69, 9.17) is 9.47 Å². The third-order valence-electron chi connectivity index (χ3n) is 4.03. The van der Waals surface area contributed by atoms with Crippen LogP contribution in [-0.2, 0) is 11.3 Å². The van der Waals surface area contributed by atoms with Crippen LogP contribution < -0.4 is 4.74 Å². The number of benzene rings is 3. The van der Waals surface area contributed by atoms with Crippen molar-refractivity contribution >= 4 is 12.3 Å². The first-order valence-electron chi connectivity index (χ1n) is 8.17. The Morgan fingerprint density at radius 2 is 1.58 bits per heavy atom. The molecule has 3 rings (SSSR count). The molecule has 0 radical (unpaired) electrons. The highest BCUT2D eigenvalue weighted by Gasteiger charge is 2.18. The fraction of sp³-hybridized carbons (Fsp3) is 0.0909. The summed E-state index contributed by atoms with van der Waals surface area (Å²) in [5.74, 6) is 0.00817. The van der Waals surface area contributed by atoms with E-state index in [-0.39, 0.29) is 6.61 Å². The van der Waals surface area contributed by atoms with Crippen LogP contribution in [0.15, 0.2) is 72.8 Å². The average Bonchev–Trinajstić information content (AvgIpc) is 2.72. The monoisotopic (exact) mass is 346 g/mol. The molecule has 0 aliphatic carbocycles. The van der Waals surface area contributed by atoms with Crippen molar-refractivity contribution < 1.29 is 19.1 Å². The van der Waals surface area contributed by atoms with Gasteiger partial charge in [0.25, 0.3) is 0 Å². The largest absolute Gasteiger partial charge is 0.495 e. The molecule has 0 heterocycles. The van der Waals surface area contributed by atoms with Crippen molar-refractivity contribution in [3.8, 4) is 16.9 Å². The Morgan fingerprint density at radius 1 is 0.885 bits per heavy atom. The molecular weight excluding hydrogens is 328 g/mol. The Kier molecular flexibility index (Phi) is 5.44. The Morgan fingerprint density at radius 3 is 2.31 bits per heavy atom. The summed E-state index contributed by atoms with van der Waals surface area (Å²) < 4.78 is 10.9.